The van der Waals surface area contributed by atoms with Gasteiger partial charge in [-0.3, -0.25) is 0 Å². The maximum atomic E-state index is 6.00. The van der Waals surface area contributed by atoms with Gasteiger partial charge in [-0.25, -0.2) is 0 Å². The monoisotopic (exact) mass is 211 g/mol. The summed E-state index contributed by atoms with van der Waals surface area (Å²) in [6.07, 6.45) is 1.86. The van der Waals surface area contributed by atoms with Crippen molar-refractivity contribution < 1.29 is 4.52 Å². The largest absolute Gasteiger partial charge is 0.338 e. The molecule has 0 aliphatic carbocycles. The second kappa shape index (κ2) is 5.26. The second-order valence-electron chi connectivity index (χ2n) is 4.56. The summed E-state index contributed by atoms with van der Waals surface area (Å²) in [6.45, 7) is 8.46. The summed E-state index contributed by atoms with van der Waals surface area (Å²) >= 11 is 0. The number of nitrogens with zero attached hydrogens (tertiary/aromatic N) is 2. The molecule has 2 N–H and O–H groups in total. The first kappa shape index (κ1) is 12.2. The summed E-state index contributed by atoms with van der Waals surface area (Å²) in [5.41, 5.74) is 6.00. The molecule has 1 aromatic heterocycles. The fourth-order valence-corrected chi connectivity index (χ4v) is 1.35. The number of nitrogens with two attached hydrogens (primary N) is 1. The van der Waals surface area contributed by atoms with Crippen LogP contribution in [0, 0.1) is 11.8 Å². The Morgan fingerprint density at radius 2 is 2.00 bits per heavy atom. The van der Waals surface area contributed by atoms with Gasteiger partial charge in [0.15, 0.2) is 5.82 Å². The van der Waals surface area contributed by atoms with E-state index in [9.17, 15) is 0 Å². The summed E-state index contributed by atoms with van der Waals surface area (Å²) in [4.78, 5) is 4.32. The average molecular weight is 211 g/mol. The van der Waals surface area contributed by atoms with Crippen LogP contribution in [0.3, 0.4) is 0 Å². The number of hydrogen-bond donors (Lipinski definition) is 1. The molecule has 0 saturated heterocycles. The average Bonchev–Trinajstić information content (AvgIpc) is 2.63. The molecule has 1 rings (SSSR count). The summed E-state index contributed by atoms with van der Waals surface area (Å²) in [5, 5.41) is 3.93. The summed E-state index contributed by atoms with van der Waals surface area (Å²) < 4.78 is 5.16. The molecule has 4 nitrogen and oxygen atoms in total. The third-order valence-electron chi connectivity index (χ3n) is 2.62. The van der Waals surface area contributed by atoms with Gasteiger partial charge < -0.3 is 10.3 Å². The van der Waals surface area contributed by atoms with E-state index in [1.54, 1.807) is 0 Å². The molecule has 2 atom stereocenters. The van der Waals surface area contributed by atoms with E-state index in [1.165, 1.54) is 0 Å². The third-order valence-corrected chi connectivity index (χ3v) is 2.62. The zero-order valence-electron chi connectivity index (χ0n) is 10.0. The van der Waals surface area contributed by atoms with Gasteiger partial charge in [-0.2, -0.15) is 4.98 Å². The van der Waals surface area contributed by atoms with Gasteiger partial charge in [0.05, 0.1) is 6.04 Å². The zero-order chi connectivity index (χ0) is 11.4. The van der Waals surface area contributed by atoms with Crippen LogP contribution in [-0.2, 0) is 6.42 Å². The summed E-state index contributed by atoms with van der Waals surface area (Å²) in [6, 6.07) is -0.136. The van der Waals surface area contributed by atoms with Gasteiger partial charge in [-0.05, 0) is 11.8 Å². The second-order valence-corrected chi connectivity index (χ2v) is 4.56. The maximum absolute atomic E-state index is 6.00. The van der Waals surface area contributed by atoms with E-state index in [1.807, 2.05) is 0 Å². The predicted molar refractivity (Wildman–Crippen MR) is 59.2 cm³/mol. The highest BCUT2D eigenvalue weighted by molar-refractivity contribution is 4.94. The van der Waals surface area contributed by atoms with E-state index in [0.29, 0.717) is 17.7 Å². The predicted octanol–water partition coefficient (Wildman–Crippen LogP) is 2.31. The van der Waals surface area contributed by atoms with Crippen LogP contribution >= 0.6 is 0 Å². The van der Waals surface area contributed by atoms with Crippen LogP contribution in [0.1, 0.15) is 51.9 Å². The van der Waals surface area contributed by atoms with Crippen molar-refractivity contribution in [2.45, 2.75) is 46.6 Å². The van der Waals surface area contributed by atoms with E-state index >= 15 is 0 Å². The Kier molecular flexibility index (Phi) is 4.27. The Balaban J connectivity index is 2.66. The molecule has 0 amide bonds. The fourth-order valence-electron chi connectivity index (χ4n) is 1.35. The van der Waals surface area contributed by atoms with E-state index in [4.69, 9.17) is 10.3 Å². The standard InChI is InChI=1S/C11H21N3O/c1-5-8(4)10(12)11-13-9(14-15-11)6-7(2)3/h7-8,10H,5-6,12H2,1-4H3/t8-,10-/m0/s1. The Morgan fingerprint density at radius 1 is 1.33 bits per heavy atom. The van der Waals surface area contributed by atoms with Crippen molar-refractivity contribution in [3.8, 4) is 0 Å². The molecule has 0 fully saturated rings. The molecule has 1 aromatic rings. The SMILES string of the molecule is CC[C@H](C)[C@H](N)c1nc(CC(C)C)no1. The van der Waals surface area contributed by atoms with Crippen molar-refractivity contribution in [1.82, 2.24) is 10.1 Å². The Morgan fingerprint density at radius 3 is 2.53 bits per heavy atom. The van der Waals surface area contributed by atoms with Crippen LogP contribution in [-0.4, -0.2) is 10.1 Å². The van der Waals surface area contributed by atoms with Crippen molar-refractivity contribution in [3.05, 3.63) is 11.7 Å². The van der Waals surface area contributed by atoms with E-state index in [2.05, 4.69) is 37.8 Å². The summed E-state index contributed by atoms with van der Waals surface area (Å²) in [7, 11) is 0. The molecule has 0 unspecified atom stereocenters. The quantitative estimate of drug-likeness (QED) is 0.811. The smallest absolute Gasteiger partial charge is 0.243 e. The molecule has 0 saturated carbocycles. The molecule has 15 heavy (non-hydrogen) atoms. The number of hydrogen-bond acceptors (Lipinski definition) is 4. The first-order valence-electron chi connectivity index (χ1n) is 5.62. The first-order chi connectivity index (χ1) is 7.04. The molecule has 1 heterocycles. The highest BCUT2D eigenvalue weighted by Gasteiger charge is 2.19. The first-order valence-corrected chi connectivity index (χ1v) is 5.62. The highest BCUT2D eigenvalue weighted by atomic mass is 16.5. The normalized spacial score (nSPS) is 15.6. The van der Waals surface area contributed by atoms with E-state index in [0.717, 1.165) is 18.7 Å². The molecule has 86 valence electrons. The van der Waals surface area contributed by atoms with Crippen molar-refractivity contribution in [2.75, 3.05) is 0 Å². The van der Waals surface area contributed by atoms with Gasteiger partial charge >= 0.3 is 0 Å². The Hall–Kier alpha value is -0.900. The van der Waals surface area contributed by atoms with Gasteiger partial charge in [-0.15, -0.1) is 0 Å². The van der Waals surface area contributed by atoms with Crippen molar-refractivity contribution in [3.63, 3.8) is 0 Å². The molecule has 0 aromatic carbocycles. The number of rotatable bonds is 5. The lowest BCUT2D eigenvalue weighted by atomic mass is 10.0. The Bertz CT molecular complexity index is 296. The topological polar surface area (TPSA) is 64.9 Å². The van der Waals surface area contributed by atoms with Crippen molar-refractivity contribution >= 4 is 0 Å². The van der Waals surface area contributed by atoms with Gasteiger partial charge in [0.1, 0.15) is 0 Å². The fraction of sp³-hybridized carbons (Fsp3) is 0.818. The van der Waals surface area contributed by atoms with Crippen LogP contribution in [0.4, 0.5) is 0 Å². The van der Waals surface area contributed by atoms with Crippen LogP contribution in [0.25, 0.3) is 0 Å². The Labute approximate surface area is 91.2 Å². The minimum Gasteiger partial charge on any atom is -0.338 e. The van der Waals surface area contributed by atoms with Crippen LogP contribution in [0.2, 0.25) is 0 Å². The highest BCUT2D eigenvalue weighted by Crippen LogP contribution is 2.20. The van der Waals surface area contributed by atoms with Gasteiger partial charge in [0, 0.05) is 6.42 Å². The van der Waals surface area contributed by atoms with Gasteiger partial charge in [-0.1, -0.05) is 39.3 Å². The maximum Gasteiger partial charge on any atom is 0.243 e. The molecular formula is C11H21N3O. The van der Waals surface area contributed by atoms with E-state index < -0.39 is 0 Å². The molecular weight excluding hydrogens is 190 g/mol. The van der Waals surface area contributed by atoms with Crippen LogP contribution in [0.15, 0.2) is 4.52 Å². The molecule has 0 spiro atoms. The zero-order valence-corrected chi connectivity index (χ0v) is 10.0. The summed E-state index contributed by atoms with van der Waals surface area (Å²) in [5.74, 6) is 2.24. The van der Waals surface area contributed by atoms with Crippen LogP contribution in [0.5, 0.6) is 0 Å². The molecule has 4 heteroatoms. The van der Waals surface area contributed by atoms with Crippen LogP contribution < -0.4 is 5.73 Å². The van der Waals surface area contributed by atoms with Crippen molar-refractivity contribution in [2.24, 2.45) is 17.6 Å². The number of aromatic nitrogens is 2. The third kappa shape index (κ3) is 3.30. The molecule has 0 bridgehead atoms. The lowest BCUT2D eigenvalue weighted by Crippen LogP contribution is -2.18. The van der Waals surface area contributed by atoms with E-state index in [-0.39, 0.29) is 6.04 Å². The van der Waals surface area contributed by atoms with Gasteiger partial charge in [0.2, 0.25) is 5.89 Å². The minimum atomic E-state index is -0.136. The molecule has 0 radical (unpaired) electrons. The lowest BCUT2D eigenvalue weighted by molar-refractivity contribution is 0.310. The lowest BCUT2D eigenvalue weighted by Gasteiger charge is -2.12. The molecule has 0 aliphatic rings. The van der Waals surface area contributed by atoms with Gasteiger partial charge in [0.25, 0.3) is 0 Å². The van der Waals surface area contributed by atoms with Crippen molar-refractivity contribution in [1.29, 1.82) is 0 Å². The minimum absolute atomic E-state index is 0.136. The molecule has 0 aliphatic heterocycles.